The number of nitrogens with one attached hydrogen (secondary N) is 2. The number of aliphatic imine (C=N–C) groups is 1. The monoisotopic (exact) mass is 270 g/mol. The van der Waals surface area contributed by atoms with Gasteiger partial charge in [0.25, 0.3) is 0 Å². The maximum atomic E-state index is 4.59. The van der Waals surface area contributed by atoms with Crippen molar-refractivity contribution in [1.29, 1.82) is 0 Å². The highest BCUT2D eigenvalue weighted by molar-refractivity contribution is 5.65. The van der Waals surface area contributed by atoms with E-state index in [0.717, 1.165) is 22.8 Å². The molecule has 0 aliphatic heterocycles. The van der Waals surface area contributed by atoms with E-state index < -0.39 is 0 Å². The topological polar surface area (TPSA) is 53.1 Å². The van der Waals surface area contributed by atoms with Gasteiger partial charge in [-0.25, -0.2) is 9.98 Å². The molecule has 0 aliphatic rings. The Hall–Kier alpha value is -2.10. The maximum absolute atomic E-state index is 4.59. The third kappa shape index (κ3) is 3.70. The lowest BCUT2D eigenvalue weighted by atomic mass is 10.1. The lowest BCUT2D eigenvalue weighted by Gasteiger charge is -2.02. The van der Waals surface area contributed by atoms with E-state index in [2.05, 4.69) is 48.0 Å². The number of H-pyrrole nitrogens is 1. The van der Waals surface area contributed by atoms with Gasteiger partial charge in [0.2, 0.25) is 0 Å². The summed E-state index contributed by atoms with van der Waals surface area (Å²) < 4.78 is 0. The summed E-state index contributed by atoms with van der Waals surface area (Å²) in [5, 5.41) is 3.15. The normalized spacial score (nSPS) is 11.7. The fraction of sp³-hybridized carbons (Fsp3) is 0.375. The molecule has 1 heterocycles. The summed E-state index contributed by atoms with van der Waals surface area (Å²) >= 11 is 0. The van der Waals surface area contributed by atoms with Gasteiger partial charge < -0.3 is 10.3 Å². The Morgan fingerprint density at radius 3 is 2.40 bits per heavy atom. The first-order valence-electron chi connectivity index (χ1n) is 7.00. The third-order valence-electron chi connectivity index (χ3n) is 2.93. The maximum Gasteiger partial charge on any atom is 0.109 e. The molecule has 0 amide bonds. The highest BCUT2D eigenvalue weighted by Gasteiger charge is 2.06. The summed E-state index contributed by atoms with van der Waals surface area (Å²) in [6, 6.07) is 8.48. The Bertz CT molecular complexity index is 564. The predicted molar refractivity (Wildman–Crippen MR) is 84.5 cm³/mol. The zero-order valence-electron chi connectivity index (χ0n) is 12.5. The Balaban J connectivity index is 2.09. The Morgan fingerprint density at radius 1 is 1.15 bits per heavy atom. The van der Waals surface area contributed by atoms with Gasteiger partial charge in [0.1, 0.15) is 5.82 Å². The van der Waals surface area contributed by atoms with Crippen molar-refractivity contribution in [3.63, 3.8) is 0 Å². The van der Waals surface area contributed by atoms with Crippen LogP contribution in [0.25, 0.3) is 11.3 Å². The van der Waals surface area contributed by atoms with Crippen LogP contribution in [0.15, 0.2) is 35.5 Å². The smallest absolute Gasteiger partial charge is 0.109 e. The first-order chi connectivity index (χ1) is 9.56. The van der Waals surface area contributed by atoms with E-state index in [9.17, 15) is 0 Å². The van der Waals surface area contributed by atoms with Crippen molar-refractivity contribution in [1.82, 2.24) is 15.3 Å². The number of hydrogen-bond donors (Lipinski definition) is 2. The molecule has 0 saturated carbocycles. The zero-order valence-corrected chi connectivity index (χ0v) is 12.5. The van der Waals surface area contributed by atoms with Gasteiger partial charge in [0.05, 0.1) is 17.7 Å². The molecule has 0 unspecified atom stereocenters. The van der Waals surface area contributed by atoms with Crippen molar-refractivity contribution >= 4 is 12.0 Å². The number of benzene rings is 1. The summed E-state index contributed by atoms with van der Waals surface area (Å²) in [5.41, 5.74) is 3.01. The molecule has 2 N–H and O–H groups in total. The van der Waals surface area contributed by atoms with Crippen LogP contribution in [0.2, 0.25) is 0 Å². The highest BCUT2D eigenvalue weighted by Crippen LogP contribution is 2.22. The average Bonchev–Trinajstić information content (AvgIpc) is 2.89. The van der Waals surface area contributed by atoms with Gasteiger partial charge in [-0.1, -0.05) is 26.0 Å². The minimum Gasteiger partial charge on any atom is -0.374 e. The summed E-state index contributed by atoms with van der Waals surface area (Å²) in [5.74, 6) is 1.43. The molecule has 0 radical (unpaired) electrons. The fourth-order valence-corrected chi connectivity index (χ4v) is 1.76. The summed E-state index contributed by atoms with van der Waals surface area (Å²) in [6.07, 6.45) is 3.69. The number of hydrogen-bond acceptors (Lipinski definition) is 2. The van der Waals surface area contributed by atoms with E-state index in [4.69, 9.17) is 0 Å². The van der Waals surface area contributed by atoms with Crippen LogP contribution in [0.4, 0.5) is 5.69 Å². The van der Waals surface area contributed by atoms with Gasteiger partial charge in [-0.2, -0.15) is 0 Å². The van der Waals surface area contributed by atoms with Crippen molar-refractivity contribution in [2.75, 3.05) is 0 Å². The Morgan fingerprint density at radius 2 is 1.85 bits per heavy atom. The minimum atomic E-state index is 0.400. The second-order valence-corrected chi connectivity index (χ2v) is 5.45. The standard InChI is InChI=1S/C16H22N4/c1-11(2)16-17-9-15(20-16)13-5-7-14(8-6-13)19-10-18-12(3)4/h5-12H,1-4H3,(H,17,20)(H,18,19). The molecule has 20 heavy (non-hydrogen) atoms. The van der Waals surface area contributed by atoms with E-state index in [0.29, 0.717) is 12.0 Å². The third-order valence-corrected chi connectivity index (χ3v) is 2.93. The molecule has 1 aromatic carbocycles. The number of aromatic nitrogens is 2. The van der Waals surface area contributed by atoms with Crippen LogP contribution in [0.1, 0.15) is 39.4 Å². The molecule has 0 bridgehead atoms. The van der Waals surface area contributed by atoms with Gasteiger partial charge in [0, 0.05) is 23.7 Å². The molecule has 4 heteroatoms. The molecule has 0 aliphatic carbocycles. The molecule has 4 nitrogen and oxygen atoms in total. The van der Waals surface area contributed by atoms with E-state index >= 15 is 0 Å². The predicted octanol–water partition coefficient (Wildman–Crippen LogP) is 3.86. The molecule has 0 saturated heterocycles. The molecular formula is C16H22N4. The van der Waals surface area contributed by atoms with Crippen molar-refractivity contribution < 1.29 is 0 Å². The summed E-state index contributed by atoms with van der Waals surface area (Å²) in [4.78, 5) is 12.2. The number of nitrogens with zero attached hydrogens (tertiary/aromatic N) is 2. The van der Waals surface area contributed by atoms with Crippen LogP contribution in [0, 0.1) is 0 Å². The molecule has 0 atom stereocenters. The SMILES string of the molecule is CC(C)N/C=N/c1ccc(-c2c[nH]c(C(C)C)n2)cc1. The second-order valence-electron chi connectivity index (χ2n) is 5.45. The molecule has 0 fully saturated rings. The van der Waals surface area contributed by atoms with Crippen LogP contribution in [-0.2, 0) is 0 Å². The number of imidazole rings is 1. The molecule has 106 valence electrons. The number of aromatic amines is 1. The summed E-state index contributed by atoms with van der Waals surface area (Å²) in [7, 11) is 0. The number of rotatable bonds is 5. The van der Waals surface area contributed by atoms with Crippen LogP contribution in [-0.4, -0.2) is 22.3 Å². The Labute approximate surface area is 120 Å². The van der Waals surface area contributed by atoms with Gasteiger partial charge in [0.15, 0.2) is 0 Å². The molecule has 0 spiro atoms. The second kappa shape index (κ2) is 6.37. The quantitative estimate of drug-likeness (QED) is 0.640. The molecular weight excluding hydrogens is 248 g/mol. The lowest BCUT2D eigenvalue weighted by Crippen LogP contribution is -2.19. The lowest BCUT2D eigenvalue weighted by molar-refractivity contribution is 0.744. The average molecular weight is 270 g/mol. The van der Waals surface area contributed by atoms with E-state index in [1.165, 1.54) is 0 Å². The van der Waals surface area contributed by atoms with Crippen molar-refractivity contribution in [2.24, 2.45) is 4.99 Å². The molecule has 1 aromatic heterocycles. The van der Waals surface area contributed by atoms with Crippen LogP contribution < -0.4 is 5.32 Å². The molecule has 2 aromatic rings. The van der Waals surface area contributed by atoms with Gasteiger partial charge in [-0.15, -0.1) is 0 Å². The van der Waals surface area contributed by atoms with Crippen molar-refractivity contribution in [2.45, 2.75) is 39.7 Å². The van der Waals surface area contributed by atoms with Crippen LogP contribution >= 0.6 is 0 Å². The van der Waals surface area contributed by atoms with E-state index in [1.807, 2.05) is 30.5 Å². The molecule has 2 rings (SSSR count). The van der Waals surface area contributed by atoms with Crippen molar-refractivity contribution in [3.05, 3.63) is 36.3 Å². The fourth-order valence-electron chi connectivity index (χ4n) is 1.76. The first kappa shape index (κ1) is 14.3. The van der Waals surface area contributed by atoms with Crippen LogP contribution in [0.3, 0.4) is 0 Å². The highest BCUT2D eigenvalue weighted by atomic mass is 15.0. The van der Waals surface area contributed by atoms with Crippen molar-refractivity contribution in [3.8, 4) is 11.3 Å². The Kier molecular flexibility index (Phi) is 4.56. The van der Waals surface area contributed by atoms with E-state index in [1.54, 1.807) is 6.34 Å². The summed E-state index contributed by atoms with van der Waals surface area (Å²) in [6.45, 7) is 8.42. The first-order valence-corrected chi connectivity index (χ1v) is 7.00. The minimum absolute atomic E-state index is 0.400. The van der Waals surface area contributed by atoms with E-state index in [-0.39, 0.29) is 0 Å². The van der Waals surface area contributed by atoms with Gasteiger partial charge in [-0.3, -0.25) is 0 Å². The zero-order chi connectivity index (χ0) is 14.5. The van der Waals surface area contributed by atoms with Gasteiger partial charge >= 0.3 is 0 Å². The van der Waals surface area contributed by atoms with Crippen LogP contribution in [0.5, 0.6) is 0 Å². The van der Waals surface area contributed by atoms with Gasteiger partial charge in [-0.05, 0) is 26.0 Å². The largest absolute Gasteiger partial charge is 0.374 e.